The Balaban J connectivity index is 1.74. The Bertz CT molecular complexity index is 1080. The molecule has 0 bridgehead atoms. The summed E-state index contributed by atoms with van der Waals surface area (Å²) in [6.07, 6.45) is 2.15. The van der Waals surface area contributed by atoms with E-state index in [0.29, 0.717) is 22.8 Å². The van der Waals surface area contributed by atoms with Crippen LogP contribution in [0, 0.1) is 11.3 Å². The molecule has 0 aromatic heterocycles. The lowest BCUT2D eigenvalue weighted by molar-refractivity contribution is -0.116. The van der Waals surface area contributed by atoms with E-state index in [9.17, 15) is 10.1 Å². The van der Waals surface area contributed by atoms with Crippen molar-refractivity contribution in [3.8, 4) is 11.8 Å². The van der Waals surface area contributed by atoms with Crippen molar-refractivity contribution in [2.24, 2.45) is 0 Å². The molecule has 1 unspecified atom stereocenters. The van der Waals surface area contributed by atoms with Crippen LogP contribution in [0.25, 0.3) is 0 Å². The average molecular weight is 437 g/mol. The number of nitrogens with one attached hydrogen (secondary N) is 1. The Labute approximate surface area is 185 Å². The van der Waals surface area contributed by atoms with Crippen molar-refractivity contribution < 1.29 is 9.53 Å². The molecular formula is C24H21ClN2O2S. The van der Waals surface area contributed by atoms with Gasteiger partial charge in [0.1, 0.15) is 5.75 Å². The molecule has 2 aliphatic rings. The number of allylic oxidation sites excluding steroid dienone is 3. The number of hydrogen-bond acceptors (Lipinski definition) is 5. The molecule has 1 aliphatic carbocycles. The Hall–Kier alpha value is -2.68. The topological polar surface area (TPSA) is 62.1 Å². The molecule has 6 heteroatoms. The summed E-state index contributed by atoms with van der Waals surface area (Å²) in [4.78, 5) is 12.8. The molecule has 0 fully saturated rings. The molecule has 1 heterocycles. The van der Waals surface area contributed by atoms with E-state index in [1.807, 2.05) is 48.5 Å². The van der Waals surface area contributed by atoms with Crippen LogP contribution in [0.3, 0.4) is 0 Å². The van der Waals surface area contributed by atoms with Crippen LogP contribution < -0.4 is 10.1 Å². The first-order valence-corrected chi connectivity index (χ1v) is 11.2. The van der Waals surface area contributed by atoms with Crippen LogP contribution >= 0.6 is 23.4 Å². The van der Waals surface area contributed by atoms with E-state index in [2.05, 4.69) is 11.4 Å². The Morgan fingerprint density at radius 2 is 1.97 bits per heavy atom. The fourth-order valence-electron chi connectivity index (χ4n) is 3.93. The number of Topliss-reactive ketones (excluding diaryl/α,β-unsaturated/α-hetero) is 1. The van der Waals surface area contributed by atoms with Crippen LogP contribution in [0.15, 0.2) is 70.4 Å². The Morgan fingerprint density at radius 1 is 1.20 bits per heavy atom. The summed E-state index contributed by atoms with van der Waals surface area (Å²) in [7, 11) is 1.62. The van der Waals surface area contributed by atoms with Gasteiger partial charge in [0.15, 0.2) is 5.78 Å². The number of hydrogen-bond donors (Lipinski definition) is 1. The Kier molecular flexibility index (Phi) is 6.17. The van der Waals surface area contributed by atoms with Crippen molar-refractivity contribution in [2.75, 3.05) is 7.11 Å². The number of benzene rings is 2. The summed E-state index contributed by atoms with van der Waals surface area (Å²) >= 11 is 7.87. The molecule has 4 nitrogen and oxygen atoms in total. The van der Waals surface area contributed by atoms with Gasteiger partial charge in [0.05, 0.1) is 29.7 Å². The van der Waals surface area contributed by atoms with Gasteiger partial charge < -0.3 is 10.1 Å². The maximum absolute atomic E-state index is 12.8. The number of ketones is 1. The fraction of sp³-hybridized carbons (Fsp3) is 0.250. The van der Waals surface area contributed by atoms with Gasteiger partial charge in [-0.1, -0.05) is 41.9 Å². The third kappa shape index (κ3) is 3.98. The van der Waals surface area contributed by atoms with Crippen molar-refractivity contribution in [1.29, 1.82) is 5.26 Å². The van der Waals surface area contributed by atoms with Crippen LogP contribution in [-0.4, -0.2) is 12.9 Å². The van der Waals surface area contributed by atoms with Gasteiger partial charge in [-0.25, -0.2) is 0 Å². The minimum atomic E-state index is -0.362. The minimum absolute atomic E-state index is 0.118. The first-order valence-electron chi connectivity index (χ1n) is 9.80. The van der Waals surface area contributed by atoms with Crippen LogP contribution in [0.2, 0.25) is 5.02 Å². The highest BCUT2D eigenvalue weighted by atomic mass is 35.5. The normalized spacial score (nSPS) is 18.6. The summed E-state index contributed by atoms with van der Waals surface area (Å²) in [6, 6.07) is 17.7. The number of thioether (sulfide) groups is 1. The molecule has 1 aliphatic heterocycles. The molecule has 2 aromatic rings. The SMILES string of the molecule is COc1ccc(C2C(C#N)=C(SCc3ccccc3Cl)NC3=C2C(=O)CCC3)cc1. The zero-order valence-corrected chi connectivity index (χ0v) is 18.1. The number of carbonyl (C=O) groups excluding carboxylic acids is 1. The van der Waals surface area contributed by atoms with Crippen LogP contribution in [-0.2, 0) is 10.5 Å². The van der Waals surface area contributed by atoms with Gasteiger partial charge in [-0.15, -0.1) is 11.8 Å². The molecule has 4 rings (SSSR count). The highest BCUT2D eigenvalue weighted by molar-refractivity contribution is 8.02. The lowest BCUT2D eigenvalue weighted by Crippen LogP contribution is -2.31. The zero-order chi connectivity index (χ0) is 21.1. The molecule has 0 amide bonds. The molecule has 2 aromatic carbocycles. The Morgan fingerprint density at radius 3 is 2.67 bits per heavy atom. The number of nitrogens with zero attached hydrogens (tertiary/aromatic N) is 1. The van der Waals surface area contributed by atoms with Gasteiger partial charge in [-0.2, -0.15) is 5.26 Å². The molecule has 1 N–H and O–H groups in total. The maximum atomic E-state index is 12.8. The van der Waals surface area contributed by atoms with Crippen molar-refractivity contribution in [3.05, 3.63) is 86.6 Å². The molecule has 0 saturated carbocycles. The summed E-state index contributed by atoms with van der Waals surface area (Å²) in [5.74, 6) is 1.14. The quantitative estimate of drug-likeness (QED) is 0.650. The molecule has 0 radical (unpaired) electrons. The number of methoxy groups -OCH3 is 1. The number of carbonyl (C=O) groups is 1. The molecule has 0 saturated heterocycles. The second-order valence-corrected chi connectivity index (χ2v) is 8.63. The maximum Gasteiger partial charge on any atom is 0.161 e. The second kappa shape index (κ2) is 8.99. The zero-order valence-electron chi connectivity index (χ0n) is 16.6. The van der Waals surface area contributed by atoms with E-state index in [-0.39, 0.29) is 11.7 Å². The molecule has 0 spiro atoms. The minimum Gasteiger partial charge on any atom is -0.497 e. The first kappa shape index (κ1) is 20.6. The smallest absolute Gasteiger partial charge is 0.161 e. The van der Waals surface area contributed by atoms with Gasteiger partial charge in [-0.3, -0.25) is 4.79 Å². The van der Waals surface area contributed by atoms with Gasteiger partial charge in [0.2, 0.25) is 0 Å². The molecular weight excluding hydrogens is 416 g/mol. The highest BCUT2D eigenvalue weighted by Gasteiger charge is 2.37. The third-order valence-electron chi connectivity index (χ3n) is 5.44. The van der Waals surface area contributed by atoms with E-state index in [1.54, 1.807) is 18.9 Å². The third-order valence-corrected chi connectivity index (χ3v) is 6.88. The monoisotopic (exact) mass is 436 g/mol. The van der Waals surface area contributed by atoms with Crippen LogP contribution in [0.1, 0.15) is 36.3 Å². The van der Waals surface area contributed by atoms with Crippen molar-refractivity contribution in [2.45, 2.75) is 30.9 Å². The van der Waals surface area contributed by atoms with Gasteiger partial charge in [-0.05, 0) is 42.2 Å². The van der Waals surface area contributed by atoms with E-state index in [0.717, 1.165) is 46.0 Å². The summed E-state index contributed by atoms with van der Waals surface area (Å²) in [6.45, 7) is 0. The number of dihydropyridines is 1. The predicted molar refractivity (Wildman–Crippen MR) is 120 cm³/mol. The van der Waals surface area contributed by atoms with E-state index in [4.69, 9.17) is 16.3 Å². The summed E-state index contributed by atoms with van der Waals surface area (Å²) < 4.78 is 5.27. The fourth-order valence-corrected chi connectivity index (χ4v) is 5.28. The standard InChI is InChI=1S/C24H21ClN2O2S/c1-29-17-11-9-15(10-12-17)22-18(13-26)24(27-20-7-4-8-21(28)23(20)22)30-14-16-5-2-3-6-19(16)25/h2-3,5-6,9-12,22,27H,4,7-8,14H2,1H3. The predicted octanol–water partition coefficient (Wildman–Crippen LogP) is 5.71. The van der Waals surface area contributed by atoms with Gasteiger partial charge >= 0.3 is 0 Å². The average Bonchev–Trinajstić information content (AvgIpc) is 2.78. The van der Waals surface area contributed by atoms with Crippen molar-refractivity contribution >= 4 is 29.1 Å². The highest BCUT2D eigenvalue weighted by Crippen LogP contribution is 2.44. The summed E-state index contributed by atoms with van der Waals surface area (Å²) in [5.41, 5.74) is 4.17. The van der Waals surface area contributed by atoms with Crippen molar-refractivity contribution in [1.82, 2.24) is 5.32 Å². The second-order valence-electron chi connectivity index (χ2n) is 7.23. The van der Waals surface area contributed by atoms with Crippen LogP contribution in [0.5, 0.6) is 5.75 Å². The summed E-state index contributed by atoms with van der Waals surface area (Å²) in [5, 5.41) is 15.0. The number of rotatable bonds is 5. The molecule has 152 valence electrons. The van der Waals surface area contributed by atoms with Crippen molar-refractivity contribution in [3.63, 3.8) is 0 Å². The molecule has 1 atom stereocenters. The molecule has 30 heavy (non-hydrogen) atoms. The van der Waals surface area contributed by atoms with Gasteiger partial charge in [0, 0.05) is 28.5 Å². The number of halogens is 1. The van der Waals surface area contributed by atoms with E-state index >= 15 is 0 Å². The lowest BCUT2D eigenvalue weighted by Gasteiger charge is -2.33. The van der Waals surface area contributed by atoms with Gasteiger partial charge in [0.25, 0.3) is 0 Å². The van der Waals surface area contributed by atoms with Crippen LogP contribution in [0.4, 0.5) is 0 Å². The largest absolute Gasteiger partial charge is 0.497 e. The lowest BCUT2D eigenvalue weighted by atomic mass is 9.77. The first-order chi connectivity index (χ1) is 14.6. The number of nitriles is 1. The van der Waals surface area contributed by atoms with E-state index < -0.39 is 0 Å². The van der Waals surface area contributed by atoms with E-state index in [1.165, 1.54) is 0 Å². The number of ether oxygens (including phenoxy) is 1.